The van der Waals surface area contributed by atoms with Gasteiger partial charge in [0, 0.05) is 20.7 Å². The Hall–Kier alpha value is -1.37. The summed E-state index contributed by atoms with van der Waals surface area (Å²) in [4.78, 5) is 25.9. The van der Waals surface area contributed by atoms with Crippen LogP contribution in [0.1, 0.15) is 30.6 Å². The van der Waals surface area contributed by atoms with Gasteiger partial charge in [-0.05, 0) is 44.6 Å². The predicted molar refractivity (Wildman–Crippen MR) is 77.9 cm³/mol. The number of benzene rings is 1. The van der Waals surface area contributed by atoms with Crippen LogP contribution >= 0.6 is 27.7 Å². The molecule has 0 N–H and O–H groups in total. The van der Waals surface area contributed by atoms with Gasteiger partial charge in [-0.3, -0.25) is 9.59 Å². The van der Waals surface area contributed by atoms with Crippen molar-refractivity contribution in [2.45, 2.75) is 25.2 Å². The molecule has 0 aliphatic rings. The summed E-state index contributed by atoms with van der Waals surface area (Å²) in [5.74, 6) is -1.62. The molecule has 0 radical (unpaired) electrons. The standard InChI is InChI=1S/C12H11BrFN3O2S/c1-6(2)3-11(18)20-10-4-7(12(19)16-17-15)9(14)5-8(10)13/h4-6H,3H2,1-2H3. The first-order valence-corrected chi connectivity index (χ1v) is 7.25. The van der Waals surface area contributed by atoms with E-state index in [1.807, 2.05) is 13.8 Å². The molecule has 5 nitrogen and oxygen atoms in total. The molecule has 1 aromatic carbocycles. The summed E-state index contributed by atoms with van der Waals surface area (Å²) in [5, 5.41) is 2.76. The van der Waals surface area contributed by atoms with Crippen molar-refractivity contribution >= 4 is 38.7 Å². The Balaban J connectivity index is 3.08. The van der Waals surface area contributed by atoms with Crippen LogP contribution in [-0.2, 0) is 4.79 Å². The molecule has 1 amide bonds. The molecular formula is C12H11BrFN3O2S. The minimum Gasteiger partial charge on any atom is -0.287 e. The van der Waals surface area contributed by atoms with Crippen molar-refractivity contribution in [3.63, 3.8) is 0 Å². The average Bonchev–Trinajstić information content (AvgIpc) is 2.31. The van der Waals surface area contributed by atoms with Gasteiger partial charge >= 0.3 is 0 Å². The second-order valence-corrected chi connectivity index (χ2v) is 6.28. The molecule has 0 bridgehead atoms. The average molecular weight is 360 g/mol. The monoisotopic (exact) mass is 359 g/mol. The molecular weight excluding hydrogens is 349 g/mol. The van der Waals surface area contributed by atoms with E-state index >= 15 is 0 Å². The number of halogens is 2. The van der Waals surface area contributed by atoms with E-state index < -0.39 is 11.7 Å². The zero-order valence-corrected chi connectivity index (χ0v) is 13.2. The largest absolute Gasteiger partial charge is 0.287 e. The zero-order chi connectivity index (χ0) is 15.3. The number of carbonyl (C=O) groups is 2. The summed E-state index contributed by atoms with van der Waals surface area (Å²) in [5.41, 5.74) is 7.85. The Morgan fingerprint density at radius 2 is 2.15 bits per heavy atom. The van der Waals surface area contributed by atoms with Gasteiger partial charge in [-0.1, -0.05) is 25.6 Å². The van der Waals surface area contributed by atoms with Gasteiger partial charge in [0.15, 0.2) is 5.12 Å². The Bertz CT molecular complexity index is 601. The minimum atomic E-state index is -1.02. The quantitative estimate of drug-likeness (QED) is 0.338. The maximum atomic E-state index is 13.6. The molecule has 0 unspecified atom stereocenters. The molecule has 0 saturated carbocycles. The van der Waals surface area contributed by atoms with Crippen LogP contribution in [0.2, 0.25) is 0 Å². The molecule has 0 aliphatic heterocycles. The van der Waals surface area contributed by atoms with Crippen molar-refractivity contribution in [2.24, 2.45) is 11.0 Å². The van der Waals surface area contributed by atoms with Crippen molar-refractivity contribution in [1.82, 2.24) is 0 Å². The molecule has 20 heavy (non-hydrogen) atoms. The van der Waals surface area contributed by atoms with E-state index in [9.17, 15) is 14.0 Å². The summed E-state index contributed by atoms with van der Waals surface area (Å²) >= 11 is 4.05. The molecule has 0 fully saturated rings. The van der Waals surface area contributed by atoms with Gasteiger partial charge in [-0.2, -0.15) is 0 Å². The van der Waals surface area contributed by atoms with E-state index in [1.165, 1.54) is 6.07 Å². The van der Waals surface area contributed by atoms with Crippen LogP contribution in [0.15, 0.2) is 26.6 Å². The zero-order valence-electron chi connectivity index (χ0n) is 10.8. The summed E-state index contributed by atoms with van der Waals surface area (Å²) in [6.45, 7) is 3.82. The molecule has 0 aromatic heterocycles. The number of amides is 1. The first-order chi connectivity index (χ1) is 9.35. The van der Waals surface area contributed by atoms with Crippen LogP contribution in [0.3, 0.4) is 0 Å². The van der Waals surface area contributed by atoms with Crippen LogP contribution in [0.5, 0.6) is 0 Å². The summed E-state index contributed by atoms with van der Waals surface area (Å²) in [6, 6.07) is 2.28. The topological polar surface area (TPSA) is 82.9 Å². The Morgan fingerprint density at radius 1 is 1.50 bits per heavy atom. The second-order valence-electron chi connectivity index (χ2n) is 4.33. The van der Waals surface area contributed by atoms with E-state index in [-0.39, 0.29) is 16.6 Å². The smallest absolute Gasteiger partial charge is 0.252 e. The number of thioether (sulfide) groups is 1. The number of hydrogen-bond acceptors (Lipinski definition) is 3. The van der Waals surface area contributed by atoms with Gasteiger partial charge in [0.2, 0.25) is 0 Å². The first kappa shape index (κ1) is 16.7. The summed E-state index contributed by atoms with van der Waals surface area (Å²) < 4.78 is 14.0. The normalized spacial score (nSPS) is 10.2. The molecule has 0 aliphatic carbocycles. The lowest BCUT2D eigenvalue weighted by molar-refractivity contribution is -0.111. The Kier molecular flexibility index (Phi) is 6.19. The lowest BCUT2D eigenvalue weighted by atomic mass is 10.2. The highest BCUT2D eigenvalue weighted by Crippen LogP contribution is 2.32. The molecule has 106 valence electrons. The van der Waals surface area contributed by atoms with Gasteiger partial charge in [0.1, 0.15) is 5.82 Å². The SMILES string of the molecule is CC(C)CC(=O)Sc1cc(C(=O)N=[N+]=[N-])c(F)cc1Br. The van der Waals surface area contributed by atoms with E-state index in [4.69, 9.17) is 5.53 Å². The van der Waals surface area contributed by atoms with E-state index in [0.29, 0.717) is 15.8 Å². The van der Waals surface area contributed by atoms with Gasteiger partial charge < -0.3 is 0 Å². The van der Waals surface area contributed by atoms with E-state index in [1.54, 1.807) is 0 Å². The number of rotatable bonds is 4. The van der Waals surface area contributed by atoms with E-state index in [0.717, 1.165) is 17.8 Å². The third-order valence-corrected chi connectivity index (χ3v) is 4.06. The van der Waals surface area contributed by atoms with Crippen molar-refractivity contribution in [1.29, 1.82) is 0 Å². The molecule has 8 heteroatoms. The van der Waals surface area contributed by atoms with Crippen molar-refractivity contribution < 1.29 is 14.0 Å². The van der Waals surface area contributed by atoms with Gasteiger partial charge in [0.05, 0.1) is 5.56 Å². The van der Waals surface area contributed by atoms with Crippen molar-refractivity contribution in [3.8, 4) is 0 Å². The summed E-state index contributed by atoms with van der Waals surface area (Å²) in [6.07, 6.45) is 0.369. The molecule has 0 spiro atoms. The molecule has 0 atom stereocenters. The third-order valence-electron chi connectivity index (χ3n) is 2.19. The maximum Gasteiger partial charge on any atom is 0.252 e. The van der Waals surface area contributed by atoms with Crippen molar-refractivity contribution in [2.75, 3.05) is 0 Å². The Labute approximate surface area is 127 Å². The van der Waals surface area contributed by atoms with Crippen molar-refractivity contribution in [3.05, 3.63) is 38.4 Å². The van der Waals surface area contributed by atoms with Crippen LogP contribution in [0.25, 0.3) is 10.4 Å². The number of hydrogen-bond donors (Lipinski definition) is 0. The molecule has 1 rings (SSSR count). The van der Waals surface area contributed by atoms with E-state index in [2.05, 4.69) is 26.0 Å². The fourth-order valence-electron chi connectivity index (χ4n) is 1.36. The van der Waals surface area contributed by atoms with Gasteiger partial charge in [-0.25, -0.2) is 4.39 Å². The second kappa shape index (κ2) is 7.42. The molecule has 1 aromatic rings. The third kappa shape index (κ3) is 4.63. The first-order valence-electron chi connectivity index (χ1n) is 5.64. The molecule has 0 heterocycles. The Morgan fingerprint density at radius 3 is 2.70 bits per heavy atom. The maximum absolute atomic E-state index is 13.6. The molecule has 0 saturated heterocycles. The van der Waals surface area contributed by atoms with Crippen LogP contribution in [0.4, 0.5) is 4.39 Å². The fraction of sp³-hybridized carbons (Fsp3) is 0.333. The highest BCUT2D eigenvalue weighted by atomic mass is 79.9. The lowest BCUT2D eigenvalue weighted by Crippen LogP contribution is -2.01. The minimum absolute atomic E-state index is 0.0884. The van der Waals surface area contributed by atoms with Crippen LogP contribution in [-0.4, -0.2) is 11.0 Å². The lowest BCUT2D eigenvalue weighted by Gasteiger charge is -2.07. The predicted octanol–water partition coefficient (Wildman–Crippen LogP) is 4.70. The highest BCUT2D eigenvalue weighted by Gasteiger charge is 2.16. The number of azide groups is 1. The van der Waals surface area contributed by atoms with Gasteiger partial charge in [-0.15, -0.1) is 0 Å². The van der Waals surface area contributed by atoms with Crippen LogP contribution < -0.4 is 0 Å². The van der Waals surface area contributed by atoms with Gasteiger partial charge in [0.25, 0.3) is 5.91 Å². The fourth-order valence-corrected chi connectivity index (χ4v) is 2.92. The summed E-state index contributed by atoms with van der Waals surface area (Å²) in [7, 11) is 0. The highest BCUT2D eigenvalue weighted by molar-refractivity contribution is 9.10. The number of carbonyl (C=O) groups excluding carboxylic acids is 2. The number of nitrogens with zero attached hydrogens (tertiary/aromatic N) is 3. The van der Waals surface area contributed by atoms with Crippen LogP contribution in [0, 0.1) is 11.7 Å².